The highest BCUT2D eigenvalue weighted by Crippen LogP contribution is 2.52. The lowest BCUT2D eigenvalue weighted by atomic mass is 9.53. The van der Waals surface area contributed by atoms with Gasteiger partial charge in [-0.3, -0.25) is 0 Å². The minimum Gasteiger partial charge on any atom is -0.508 e. The second kappa shape index (κ2) is 4.92. The second-order valence-electron chi connectivity index (χ2n) is 6.61. The average Bonchev–Trinajstić information content (AvgIpc) is 2.41. The molecule has 2 nitrogen and oxygen atoms in total. The van der Waals surface area contributed by atoms with Gasteiger partial charge in [0.2, 0.25) is 0 Å². The number of benzene rings is 1. The SMILES string of the molecule is C=CC[C@H](C)[C@]12CCN[C@@H](Cc3ccc(O)cc31)[C@@H]2C. The average molecular weight is 271 g/mol. The molecule has 3 rings (SSSR count). The van der Waals surface area contributed by atoms with Gasteiger partial charge in [-0.2, -0.15) is 0 Å². The third kappa shape index (κ3) is 1.81. The highest BCUT2D eigenvalue weighted by atomic mass is 16.3. The molecule has 2 bridgehead atoms. The van der Waals surface area contributed by atoms with Gasteiger partial charge < -0.3 is 10.4 Å². The number of piperidine rings is 1. The number of nitrogens with one attached hydrogen (secondary N) is 1. The van der Waals surface area contributed by atoms with Gasteiger partial charge in [0.05, 0.1) is 0 Å². The molecule has 20 heavy (non-hydrogen) atoms. The number of allylic oxidation sites excluding steroid dienone is 1. The Morgan fingerprint density at radius 1 is 1.55 bits per heavy atom. The van der Waals surface area contributed by atoms with E-state index in [1.807, 2.05) is 18.2 Å². The maximum absolute atomic E-state index is 9.96. The van der Waals surface area contributed by atoms with Crippen molar-refractivity contribution >= 4 is 0 Å². The van der Waals surface area contributed by atoms with Gasteiger partial charge in [-0.1, -0.05) is 26.0 Å². The van der Waals surface area contributed by atoms with Crippen LogP contribution >= 0.6 is 0 Å². The molecule has 1 aromatic carbocycles. The van der Waals surface area contributed by atoms with Crippen molar-refractivity contribution in [3.63, 3.8) is 0 Å². The van der Waals surface area contributed by atoms with E-state index in [4.69, 9.17) is 0 Å². The third-order valence-electron chi connectivity index (χ3n) is 5.80. The van der Waals surface area contributed by atoms with Crippen molar-refractivity contribution in [2.24, 2.45) is 11.8 Å². The molecular formula is C18H25NO. The first-order chi connectivity index (χ1) is 9.59. The number of hydrogen-bond acceptors (Lipinski definition) is 2. The van der Waals surface area contributed by atoms with Crippen molar-refractivity contribution in [2.75, 3.05) is 6.54 Å². The van der Waals surface area contributed by atoms with Crippen LogP contribution in [-0.4, -0.2) is 17.7 Å². The summed E-state index contributed by atoms with van der Waals surface area (Å²) in [6.07, 6.45) is 5.31. The van der Waals surface area contributed by atoms with Crippen molar-refractivity contribution in [1.29, 1.82) is 0 Å². The zero-order chi connectivity index (χ0) is 14.3. The van der Waals surface area contributed by atoms with Gasteiger partial charge in [0.1, 0.15) is 5.75 Å². The van der Waals surface area contributed by atoms with Crippen molar-refractivity contribution < 1.29 is 5.11 Å². The Hall–Kier alpha value is -1.28. The van der Waals surface area contributed by atoms with Gasteiger partial charge in [-0.15, -0.1) is 6.58 Å². The number of fused-ring (bicyclic) bond motifs is 4. The summed E-state index contributed by atoms with van der Waals surface area (Å²) in [4.78, 5) is 0. The molecule has 0 amide bonds. The molecule has 0 aromatic heterocycles. The number of phenols is 1. The molecule has 0 spiro atoms. The van der Waals surface area contributed by atoms with E-state index in [9.17, 15) is 5.11 Å². The Balaban J connectivity index is 2.17. The predicted octanol–water partition coefficient (Wildman–Crippen LogP) is 3.40. The fourth-order valence-electron chi connectivity index (χ4n) is 4.69. The summed E-state index contributed by atoms with van der Waals surface area (Å²) >= 11 is 0. The fraction of sp³-hybridized carbons (Fsp3) is 0.556. The molecule has 1 aromatic rings. The Morgan fingerprint density at radius 2 is 2.35 bits per heavy atom. The molecule has 1 saturated heterocycles. The lowest BCUT2D eigenvalue weighted by molar-refractivity contribution is 0.0887. The molecular weight excluding hydrogens is 246 g/mol. The largest absolute Gasteiger partial charge is 0.508 e. The molecule has 1 aliphatic heterocycles. The molecule has 108 valence electrons. The first-order valence-electron chi connectivity index (χ1n) is 7.76. The maximum Gasteiger partial charge on any atom is 0.115 e. The molecule has 1 heterocycles. The summed E-state index contributed by atoms with van der Waals surface area (Å²) in [5.41, 5.74) is 2.97. The highest BCUT2D eigenvalue weighted by molar-refractivity contribution is 5.45. The van der Waals surface area contributed by atoms with Crippen molar-refractivity contribution in [1.82, 2.24) is 5.32 Å². The summed E-state index contributed by atoms with van der Waals surface area (Å²) in [5.74, 6) is 1.55. The van der Waals surface area contributed by atoms with Crippen LogP contribution < -0.4 is 5.32 Å². The molecule has 1 aliphatic carbocycles. The normalized spacial score (nSPS) is 33.3. The Bertz CT molecular complexity index is 524. The van der Waals surface area contributed by atoms with E-state index in [2.05, 4.69) is 31.8 Å². The van der Waals surface area contributed by atoms with Gasteiger partial charge in [0.25, 0.3) is 0 Å². The Labute approximate surface area is 121 Å². The predicted molar refractivity (Wildman–Crippen MR) is 83.0 cm³/mol. The van der Waals surface area contributed by atoms with Gasteiger partial charge in [0, 0.05) is 11.5 Å². The van der Waals surface area contributed by atoms with Crippen LogP contribution in [0.25, 0.3) is 0 Å². The summed E-state index contributed by atoms with van der Waals surface area (Å²) in [5, 5.41) is 13.7. The smallest absolute Gasteiger partial charge is 0.115 e. The van der Waals surface area contributed by atoms with Crippen molar-refractivity contribution in [3.8, 4) is 5.75 Å². The van der Waals surface area contributed by atoms with E-state index in [-0.39, 0.29) is 5.41 Å². The number of hydrogen-bond donors (Lipinski definition) is 2. The maximum atomic E-state index is 9.96. The standard InChI is InChI=1S/C18H25NO/c1-4-5-12(2)18-8-9-19-17(13(18)3)10-14-6-7-15(20)11-16(14)18/h4,6-7,11-13,17,19-20H,1,5,8-10H2,2-3H3/t12-,13-,17-,18-/m0/s1. The highest BCUT2D eigenvalue weighted by Gasteiger charge is 2.51. The fourth-order valence-corrected chi connectivity index (χ4v) is 4.69. The van der Waals surface area contributed by atoms with Crippen LogP contribution in [0.3, 0.4) is 0 Å². The zero-order valence-corrected chi connectivity index (χ0v) is 12.5. The summed E-state index contributed by atoms with van der Waals surface area (Å²) < 4.78 is 0. The lowest BCUT2D eigenvalue weighted by Gasteiger charge is -2.55. The summed E-state index contributed by atoms with van der Waals surface area (Å²) in [6.45, 7) is 9.73. The van der Waals surface area contributed by atoms with Gasteiger partial charge in [0.15, 0.2) is 0 Å². The first-order valence-corrected chi connectivity index (χ1v) is 7.76. The topological polar surface area (TPSA) is 32.3 Å². The van der Waals surface area contributed by atoms with Crippen LogP contribution in [0.4, 0.5) is 0 Å². The molecule has 0 saturated carbocycles. The van der Waals surface area contributed by atoms with E-state index in [1.54, 1.807) is 0 Å². The Kier molecular flexibility index (Phi) is 3.37. The van der Waals surface area contributed by atoms with Crippen LogP contribution in [0.5, 0.6) is 5.75 Å². The number of aromatic hydroxyl groups is 1. The van der Waals surface area contributed by atoms with E-state index in [1.165, 1.54) is 11.1 Å². The van der Waals surface area contributed by atoms with E-state index in [0.717, 1.165) is 25.8 Å². The van der Waals surface area contributed by atoms with E-state index < -0.39 is 0 Å². The van der Waals surface area contributed by atoms with E-state index in [0.29, 0.717) is 23.6 Å². The van der Waals surface area contributed by atoms with Crippen LogP contribution in [-0.2, 0) is 11.8 Å². The zero-order valence-electron chi connectivity index (χ0n) is 12.5. The van der Waals surface area contributed by atoms with Gasteiger partial charge in [-0.25, -0.2) is 0 Å². The monoisotopic (exact) mass is 271 g/mol. The van der Waals surface area contributed by atoms with Crippen molar-refractivity contribution in [3.05, 3.63) is 42.0 Å². The molecule has 4 atom stereocenters. The minimum absolute atomic E-state index is 0.177. The van der Waals surface area contributed by atoms with Crippen LogP contribution in [0.15, 0.2) is 30.9 Å². The molecule has 2 N–H and O–H groups in total. The molecule has 1 fully saturated rings. The van der Waals surface area contributed by atoms with Crippen LogP contribution in [0, 0.1) is 11.8 Å². The minimum atomic E-state index is 0.177. The molecule has 2 heteroatoms. The third-order valence-corrected chi connectivity index (χ3v) is 5.80. The first kappa shape index (κ1) is 13.7. The van der Waals surface area contributed by atoms with E-state index >= 15 is 0 Å². The lowest BCUT2D eigenvalue weighted by Crippen LogP contribution is -2.59. The summed E-state index contributed by atoms with van der Waals surface area (Å²) in [7, 11) is 0. The van der Waals surface area contributed by atoms with Crippen LogP contribution in [0.2, 0.25) is 0 Å². The second-order valence-corrected chi connectivity index (χ2v) is 6.61. The van der Waals surface area contributed by atoms with Gasteiger partial charge >= 0.3 is 0 Å². The summed E-state index contributed by atoms with van der Waals surface area (Å²) in [6, 6.07) is 6.53. The van der Waals surface area contributed by atoms with Crippen molar-refractivity contribution in [2.45, 2.75) is 44.6 Å². The molecule has 0 radical (unpaired) electrons. The van der Waals surface area contributed by atoms with Crippen LogP contribution in [0.1, 0.15) is 37.8 Å². The Morgan fingerprint density at radius 3 is 3.10 bits per heavy atom. The number of phenolic OH excluding ortho intramolecular Hbond substituents is 1. The molecule has 0 unspecified atom stereocenters. The van der Waals surface area contributed by atoms with Gasteiger partial charge in [-0.05, 0) is 60.9 Å². The molecule has 2 aliphatic rings. The number of rotatable bonds is 3. The quantitative estimate of drug-likeness (QED) is 0.826.